The molecule has 0 spiro atoms. The van der Waals surface area contributed by atoms with Crippen molar-refractivity contribution in [3.8, 4) is 12.8 Å². The Hall–Kier alpha value is -0.753. The molecule has 0 N–H and O–H groups in total. The maximum absolute atomic E-state index is 4.00. The summed E-state index contributed by atoms with van der Waals surface area (Å²) < 4.78 is 0. The predicted octanol–water partition coefficient (Wildman–Crippen LogP) is 2.26. The van der Waals surface area contributed by atoms with Crippen molar-refractivity contribution in [3.63, 3.8) is 0 Å². The van der Waals surface area contributed by atoms with Gasteiger partial charge in [-0.3, -0.25) is 0 Å². The number of rotatable bonds is 0. The predicted molar refractivity (Wildman–Crippen MR) is 49.3 cm³/mol. The van der Waals surface area contributed by atoms with E-state index in [9.17, 15) is 0 Å². The van der Waals surface area contributed by atoms with Gasteiger partial charge >= 0.3 is 0 Å². The molecule has 0 aliphatic carbocycles. The van der Waals surface area contributed by atoms with Gasteiger partial charge in [0.05, 0.1) is 0 Å². The molecule has 2 heteroatoms. The third kappa shape index (κ3) is 13.8. The minimum absolute atomic E-state index is 0. The van der Waals surface area contributed by atoms with Crippen LogP contribution in [0.5, 0.6) is 0 Å². The van der Waals surface area contributed by atoms with E-state index in [4.69, 9.17) is 0 Å². The first kappa shape index (κ1) is 18.9. The van der Waals surface area contributed by atoms with E-state index in [1.165, 1.54) is 0 Å². The summed E-state index contributed by atoms with van der Waals surface area (Å²) in [6.07, 6.45) is 8.00. The van der Waals surface area contributed by atoms with Crippen molar-refractivity contribution in [1.82, 2.24) is 0 Å². The Morgan fingerprint density at radius 1 is 0.857 bits per heavy atom. The van der Waals surface area contributed by atoms with Gasteiger partial charge in [0.15, 0.2) is 0 Å². The smallest absolute Gasteiger partial charge is 0 e. The van der Waals surface area contributed by atoms with E-state index in [0.29, 0.717) is 0 Å². The van der Waals surface area contributed by atoms with Gasteiger partial charge in [0.2, 0.25) is 0 Å². The van der Waals surface area contributed by atoms with Gasteiger partial charge in [-0.1, -0.05) is 0 Å². The second-order valence-corrected chi connectivity index (χ2v) is 1.65. The summed E-state index contributed by atoms with van der Waals surface area (Å²) in [5.74, 6) is 0. The van der Waals surface area contributed by atoms with Crippen molar-refractivity contribution in [2.24, 2.45) is 0 Å². The topological polar surface area (TPSA) is 0 Å². The molecule has 0 fully saturated rings. The molecule has 0 saturated carbocycles. The van der Waals surface area contributed by atoms with Crippen LogP contribution in [0.15, 0.2) is 36.4 Å². The molecule has 0 amide bonds. The zero-order valence-corrected chi connectivity index (χ0v) is 9.23. The van der Waals surface area contributed by atoms with E-state index >= 15 is 0 Å². The van der Waals surface area contributed by atoms with Crippen LogP contribution in [0.2, 0.25) is 0 Å². The summed E-state index contributed by atoms with van der Waals surface area (Å²) in [6.45, 7) is 0. The van der Waals surface area contributed by atoms with E-state index in [1.807, 2.05) is 30.3 Å². The van der Waals surface area contributed by atoms with Crippen LogP contribution < -0.4 is 0 Å². The monoisotopic (exact) mass is 268 g/mol. The maximum atomic E-state index is 4.00. The molecular formula is C12H8Ni2-6. The molecule has 0 heterocycles. The van der Waals surface area contributed by atoms with E-state index in [1.54, 1.807) is 6.07 Å². The first-order valence-electron chi connectivity index (χ1n) is 3.33. The van der Waals surface area contributed by atoms with Crippen molar-refractivity contribution in [1.29, 1.82) is 0 Å². The van der Waals surface area contributed by atoms with E-state index in [0.717, 1.165) is 0 Å². The van der Waals surface area contributed by atoms with Crippen LogP contribution in [-0.4, -0.2) is 0 Å². The van der Waals surface area contributed by atoms with Gasteiger partial charge in [0, 0.05) is 33.0 Å². The van der Waals surface area contributed by atoms with E-state index in [-0.39, 0.29) is 33.0 Å². The summed E-state index contributed by atoms with van der Waals surface area (Å²) >= 11 is 0. The molecule has 2 aromatic rings. The first-order valence-corrected chi connectivity index (χ1v) is 3.33. The van der Waals surface area contributed by atoms with Crippen LogP contribution in [0, 0.1) is 37.1 Å². The Balaban J connectivity index is -0.000000131. The fourth-order valence-electron chi connectivity index (χ4n) is 0.501. The van der Waals surface area contributed by atoms with Gasteiger partial charge in [-0.25, -0.2) is 12.1 Å². The van der Waals surface area contributed by atoms with Crippen molar-refractivity contribution >= 4 is 0 Å². The average molecular weight is 270 g/mol. The van der Waals surface area contributed by atoms with Crippen molar-refractivity contribution in [3.05, 3.63) is 60.7 Å². The number of hydrogen-bond acceptors (Lipinski definition) is 0. The second kappa shape index (κ2) is 18.1. The summed E-state index contributed by atoms with van der Waals surface area (Å²) in [6, 6.07) is 22.0. The van der Waals surface area contributed by atoms with Crippen molar-refractivity contribution in [2.75, 3.05) is 0 Å². The van der Waals surface area contributed by atoms with Crippen molar-refractivity contribution in [2.45, 2.75) is 0 Å². The summed E-state index contributed by atoms with van der Waals surface area (Å²) in [5.41, 5.74) is 0. The fourth-order valence-corrected chi connectivity index (χ4v) is 0.501. The fraction of sp³-hybridized carbons (Fsp3) is 0. The Kier molecular flexibility index (Phi) is 24.5. The van der Waals surface area contributed by atoms with Gasteiger partial charge in [0.1, 0.15) is 0 Å². The molecule has 0 aliphatic heterocycles. The standard InChI is InChI=1S/C5H5.C5H.C2H2.2Ni/c2*1-2-4-5-3-1;1-2;;/h1-5H;1H;1-2H;;/q-1;-5;;;. The SMILES string of the molecule is C#C.[Ni].[Ni].[c-]1[c-][c-][cH-][c-]1.c1cc[cH-]c1. The molecule has 2 aromatic carbocycles. The molecule has 0 aliphatic rings. The molecule has 0 saturated heterocycles. The van der Waals surface area contributed by atoms with Crippen LogP contribution in [-0.2, 0) is 33.0 Å². The van der Waals surface area contributed by atoms with Gasteiger partial charge in [-0.05, 0) is 0 Å². The Bertz CT molecular complexity index is 180. The van der Waals surface area contributed by atoms with Gasteiger partial charge < -0.3 is 30.3 Å². The minimum Gasteiger partial charge on any atom is -0.999 e. The van der Waals surface area contributed by atoms with Gasteiger partial charge in [-0.15, -0.1) is 12.8 Å². The number of hydrogen-bond donors (Lipinski definition) is 0. The normalized spacial score (nSPS) is 5.86. The Labute approximate surface area is 106 Å². The minimum atomic E-state index is 0. The first-order chi connectivity index (χ1) is 6.00. The zero-order valence-electron chi connectivity index (χ0n) is 7.25. The second-order valence-electron chi connectivity index (χ2n) is 1.65. The van der Waals surface area contributed by atoms with Crippen molar-refractivity contribution < 1.29 is 33.0 Å². The molecule has 0 bridgehead atoms. The molecule has 0 nitrogen and oxygen atoms in total. The Morgan fingerprint density at radius 3 is 1.43 bits per heavy atom. The van der Waals surface area contributed by atoms with Crippen LogP contribution >= 0.6 is 0 Å². The molecule has 0 aromatic heterocycles. The van der Waals surface area contributed by atoms with Gasteiger partial charge in [0.25, 0.3) is 0 Å². The molecule has 82 valence electrons. The van der Waals surface area contributed by atoms with Crippen LogP contribution in [0.1, 0.15) is 0 Å². The summed E-state index contributed by atoms with van der Waals surface area (Å²) in [7, 11) is 0. The van der Waals surface area contributed by atoms with E-state index < -0.39 is 0 Å². The Morgan fingerprint density at radius 2 is 1.29 bits per heavy atom. The average Bonchev–Trinajstić information content (AvgIpc) is 2.87. The molecule has 2 rings (SSSR count). The molecule has 14 heavy (non-hydrogen) atoms. The summed E-state index contributed by atoms with van der Waals surface area (Å²) in [4.78, 5) is 0. The zero-order chi connectivity index (χ0) is 9.07. The third-order valence-electron chi connectivity index (χ3n) is 0.907. The molecular weight excluding hydrogens is 262 g/mol. The van der Waals surface area contributed by atoms with Gasteiger partial charge in [-0.2, -0.15) is 18.2 Å². The molecule has 0 radical (unpaired) electrons. The maximum Gasteiger partial charge on any atom is 0 e. The summed E-state index contributed by atoms with van der Waals surface area (Å²) in [5, 5.41) is 0. The molecule has 0 unspecified atom stereocenters. The van der Waals surface area contributed by atoms with Crippen LogP contribution in [0.25, 0.3) is 0 Å². The largest absolute Gasteiger partial charge is 0.999 e. The quantitative estimate of drug-likeness (QED) is 0.391. The van der Waals surface area contributed by atoms with E-state index in [2.05, 4.69) is 37.1 Å². The third-order valence-corrected chi connectivity index (χ3v) is 0.907. The number of terminal acetylenes is 1. The van der Waals surface area contributed by atoms with Crippen LogP contribution in [0.3, 0.4) is 0 Å². The van der Waals surface area contributed by atoms with Crippen LogP contribution in [0.4, 0.5) is 0 Å². The molecule has 0 atom stereocenters.